The lowest BCUT2D eigenvalue weighted by Gasteiger charge is -2.07. The van der Waals surface area contributed by atoms with Crippen molar-refractivity contribution in [1.82, 2.24) is 9.97 Å². The van der Waals surface area contributed by atoms with Crippen molar-refractivity contribution < 1.29 is 14.8 Å². The first-order valence-electron chi connectivity index (χ1n) is 6.58. The molecule has 1 aromatic heterocycles. The number of aromatic amines is 2. The van der Waals surface area contributed by atoms with Gasteiger partial charge >= 0.3 is 16.9 Å². The fraction of sp³-hybridized carbons (Fsp3) is 0.143. The van der Waals surface area contributed by atoms with E-state index < -0.39 is 21.9 Å². The number of phenols is 1. The zero-order valence-electron chi connectivity index (χ0n) is 12.0. The highest BCUT2D eigenvalue weighted by Gasteiger charge is 2.19. The summed E-state index contributed by atoms with van der Waals surface area (Å²) in [5, 5.41) is 21.0. The van der Waals surface area contributed by atoms with Crippen LogP contribution < -0.4 is 16.0 Å². The summed E-state index contributed by atoms with van der Waals surface area (Å²) in [6, 6.07) is 4.73. The van der Waals surface area contributed by atoms with Gasteiger partial charge in [-0.15, -0.1) is 0 Å². The first kappa shape index (κ1) is 16.0. The Balaban J connectivity index is 2.50. The molecule has 1 aromatic carbocycles. The molecule has 0 fully saturated rings. The summed E-state index contributed by atoms with van der Waals surface area (Å²) in [7, 11) is 0. The molecule has 9 nitrogen and oxygen atoms in total. The molecule has 0 saturated carbocycles. The number of nitrogens with zero attached hydrogens (tertiary/aromatic N) is 1. The van der Waals surface area contributed by atoms with Crippen LogP contribution in [0.1, 0.15) is 18.2 Å². The van der Waals surface area contributed by atoms with E-state index in [0.29, 0.717) is 12.2 Å². The van der Waals surface area contributed by atoms with Gasteiger partial charge in [-0.2, -0.15) is 0 Å². The highest BCUT2D eigenvalue weighted by atomic mass is 16.6. The molecule has 0 aliphatic carbocycles. The summed E-state index contributed by atoms with van der Waals surface area (Å²) in [4.78, 5) is 36.8. The number of nitrogens with one attached hydrogen (secondary N) is 2. The van der Waals surface area contributed by atoms with Crippen molar-refractivity contribution in [3.05, 3.63) is 60.4 Å². The van der Waals surface area contributed by atoms with E-state index in [1.165, 1.54) is 12.2 Å². The van der Waals surface area contributed by atoms with Crippen LogP contribution in [0.5, 0.6) is 11.5 Å². The Kier molecular flexibility index (Phi) is 4.60. The maximum absolute atomic E-state index is 11.5. The normalized spacial score (nSPS) is 10.8. The number of benzene rings is 1. The summed E-state index contributed by atoms with van der Waals surface area (Å²) in [5.41, 5.74) is -2.73. The third-order valence-electron chi connectivity index (χ3n) is 2.89. The molecule has 3 N–H and O–H groups in total. The quantitative estimate of drug-likeness (QED) is 0.560. The molecular formula is C14H13N3O6. The Morgan fingerprint density at radius 3 is 2.70 bits per heavy atom. The van der Waals surface area contributed by atoms with Crippen molar-refractivity contribution in [3.63, 3.8) is 0 Å². The molecule has 0 bridgehead atoms. The second kappa shape index (κ2) is 6.60. The van der Waals surface area contributed by atoms with E-state index in [4.69, 9.17) is 4.74 Å². The van der Waals surface area contributed by atoms with Gasteiger partial charge in [0, 0.05) is 5.56 Å². The topological polar surface area (TPSA) is 138 Å². The number of aromatic nitrogens is 2. The molecule has 2 rings (SSSR count). The molecule has 0 aliphatic rings. The number of hydrogen-bond donors (Lipinski definition) is 3. The second-order valence-electron chi connectivity index (χ2n) is 4.39. The second-order valence-corrected chi connectivity index (χ2v) is 4.39. The maximum atomic E-state index is 11.5. The number of H-pyrrole nitrogens is 2. The Morgan fingerprint density at radius 2 is 2.04 bits per heavy atom. The van der Waals surface area contributed by atoms with Gasteiger partial charge in [0.1, 0.15) is 5.69 Å². The zero-order valence-corrected chi connectivity index (χ0v) is 12.0. The molecule has 0 radical (unpaired) electrons. The molecule has 0 aliphatic heterocycles. The van der Waals surface area contributed by atoms with E-state index in [9.17, 15) is 24.8 Å². The SMILES string of the molecule is CCOc1cccc(/C=C/c2[nH]c(=O)[nH]c(=O)c2[N+](=O)[O-])c1O. The molecule has 0 atom stereocenters. The maximum Gasteiger partial charge on any atom is 0.357 e. The van der Waals surface area contributed by atoms with Crippen LogP contribution in [0.3, 0.4) is 0 Å². The smallest absolute Gasteiger partial charge is 0.357 e. The van der Waals surface area contributed by atoms with E-state index in [1.54, 1.807) is 30.1 Å². The predicted octanol–water partition coefficient (Wildman–Crippen LogP) is 1.25. The molecule has 23 heavy (non-hydrogen) atoms. The van der Waals surface area contributed by atoms with E-state index in [2.05, 4.69) is 4.98 Å². The van der Waals surface area contributed by atoms with Gasteiger partial charge in [-0.05, 0) is 25.1 Å². The standard InChI is InChI=1S/C14H13N3O6/c1-2-23-10-5-3-4-8(12(10)18)6-7-9-11(17(21)22)13(19)16-14(20)15-9/h3-7,18H,2H2,1H3,(H2,15,16,19,20)/b7-6+. The molecule has 120 valence electrons. The first-order chi connectivity index (χ1) is 10.9. The Labute approximate surface area is 129 Å². The van der Waals surface area contributed by atoms with Gasteiger partial charge in [0.2, 0.25) is 0 Å². The summed E-state index contributed by atoms with van der Waals surface area (Å²) in [6.45, 7) is 2.11. The number of ether oxygens (including phenoxy) is 1. The minimum absolute atomic E-state index is 0.152. The van der Waals surface area contributed by atoms with E-state index in [1.807, 2.05) is 0 Å². The van der Waals surface area contributed by atoms with Crippen LogP contribution in [0.2, 0.25) is 0 Å². The first-order valence-corrected chi connectivity index (χ1v) is 6.58. The van der Waals surface area contributed by atoms with Gasteiger partial charge in [-0.3, -0.25) is 19.9 Å². The van der Waals surface area contributed by atoms with E-state index >= 15 is 0 Å². The molecule has 1 heterocycles. The van der Waals surface area contributed by atoms with Gasteiger partial charge in [0.05, 0.1) is 11.5 Å². The number of nitro groups is 1. The average molecular weight is 319 g/mol. The summed E-state index contributed by atoms with van der Waals surface area (Å²) in [5.74, 6) is 0.101. The minimum Gasteiger partial charge on any atom is -0.504 e. The number of hydrogen-bond acceptors (Lipinski definition) is 6. The Hall–Kier alpha value is -3.36. The fourth-order valence-corrected chi connectivity index (χ4v) is 1.92. The molecule has 0 saturated heterocycles. The molecule has 9 heteroatoms. The van der Waals surface area contributed by atoms with Gasteiger partial charge in [0.15, 0.2) is 11.5 Å². The van der Waals surface area contributed by atoms with Crippen LogP contribution >= 0.6 is 0 Å². The third kappa shape index (κ3) is 3.46. The largest absolute Gasteiger partial charge is 0.504 e. The Morgan fingerprint density at radius 1 is 1.30 bits per heavy atom. The zero-order chi connectivity index (χ0) is 17.0. The van der Waals surface area contributed by atoms with Crippen molar-refractivity contribution in [3.8, 4) is 11.5 Å². The molecule has 2 aromatic rings. The summed E-state index contributed by atoms with van der Waals surface area (Å²) >= 11 is 0. The van der Waals surface area contributed by atoms with E-state index in [0.717, 1.165) is 0 Å². The Bertz CT molecular complexity index is 881. The van der Waals surface area contributed by atoms with Gasteiger partial charge < -0.3 is 14.8 Å². The molecule has 0 amide bonds. The highest BCUT2D eigenvalue weighted by Crippen LogP contribution is 2.31. The van der Waals surface area contributed by atoms with Crippen LogP contribution in [0.4, 0.5) is 5.69 Å². The lowest BCUT2D eigenvalue weighted by Crippen LogP contribution is -2.25. The lowest BCUT2D eigenvalue weighted by molar-refractivity contribution is -0.386. The van der Waals surface area contributed by atoms with Crippen molar-refractivity contribution in [2.75, 3.05) is 6.61 Å². The van der Waals surface area contributed by atoms with Gasteiger partial charge in [0.25, 0.3) is 0 Å². The van der Waals surface area contributed by atoms with Crippen LogP contribution in [-0.4, -0.2) is 26.6 Å². The van der Waals surface area contributed by atoms with Crippen LogP contribution in [-0.2, 0) is 0 Å². The van der Waals surface area contributed by atoms with Crippen LogP contribution in [0, 0.1) is 10.1 Å². The highest BCUT2D eigenvalue weighted by molar-refractivity contribution is 5.75. The van der Waals surface area contributed by atoms with E-state index in [-0.39, 0.29) is 17.2 Å². The number of para-hydroxylation sites is 1. The third-order valence-corrected chi connectivity index (χ3v) is 2.89. The van der Waals surface area contributed by atoms with Gasteiger partial charge in [-0.1, -0.05) is 12.1 Å². The monoisotopic (exact) mass is 319 g/mol. The van der Waals surface area contributed by atoms with Crippen LogP contribution in [0.15, 0.2) is 27.8 Å². The number of aromatic hydroxyl groups is 1. The average Bonchev–Trinajstić information content (AvgIpc) is 2.47. The van der Waals surface area contributed by atoms with Crippen LogP contribution in [0.25, 0.3) is 12.2 Å². The predicted molar refractivity (Wildman–Crippen MR) is 82.5 cm³/mol. The summed E-state index contributed by atoms with van der Waals surface area (Å²) < 4.78 is 5.22. The minimum atomic E-state index is -1.11. The van der Waals surface area contributed by atoms with Crippen molar-refractivity contribution in [1.29, 1.82) is 0 Å². The lowest BCUT2D eigenvalue weighted by atomic mass is 10.1. The number of rotatable bonds is 5. The molecular weight excluding hydrogens is 306 g/mol. The van der Waals surface area contributed by atoms with Gasteiger partial charge in [-0.25, -0.2) is 4.79 Å². The van der Waals surface area contributed by atoms with Crippen molar-refractivity contribution in [2.45, 2.75) is 6.92 Å². The molecule has 0 unspecified atom stereocenters. The van der Waals surface area contributed by atoms with Crippen molar-refractivity contribution in [2.24, 2.45) is 0 Å². The summed E-state index contributed by atoms with van der Waals surface area (Å²) in [6.07, 6.45) is 2.50. The fourth-order valence-electron chi connectivity index (χ4n) is 1.92. The number of phenolic OH excluding ortho intramolecular Hbond substituents is 1. The van der Waals surface area contributed by atoms with Crippen molar-refractivity contribution >= 4 is 17.8 Å². The molecule has 0 spiro atoms.